The van der Waals surface area contributed by atoms with Crippen LogP contribution in [0, 0.1) is 0 Å². The molecule has 1 aliphatic carbocycles. The highest BCUT2D eigenvalue weighted by molar-refractivity contribution is 6.04. The van der Waals surface area contributed by atoms with Gasteiger partial charge in [-0.3, -0.25) is 0 Å². The van der Waals surface area contributed by atoms with Crippen molar-refractivity contribution in [2.24, 2.45) is 5.16 Å². The molecule has 0 unspecified atom stereocenters. The molecule has 0 bridgehead atoms. The van der Waals surface area contributed by atoms with Crippen molar-refractivity contribution in [1.29, 1.82) is 0 Å². The van der Waals surface area contributed by atoms with Gasteiger partial charge < -0.3 is 5.21 Å². The van der Waals surface area contributed by atoms with Gasteiger partial charge in [0, 0.05) is 5.56 Å². The van der Waals surface area contributed by atoms with Crippen LogP contribution in [-0.2, 0) is 11.8 Å². The zero-order chi connectivity index (χ0) is 11.1. The quantitative estimate of drug-likeness (QED) is 0.510. The van der Waals surface area contributed by atoms with Gasteiger partial charge in [0.05, 0.1) is 5.71 Å². The molecule has 2 rings (SSSR count). The van der Waals surface area contributed by atoms with Gasteiger partial charge in [-0.25, -0.2) is 0 Å². The van der Waals surface area contributed by atoms with Gasteiger partial charge in [0.2, 0.25) is 0 Å². The standard InChI is InChI=1S/C13H17NO/c1-13(2,3)10-5-6-11-9(8-10)4-7-12(11)14-15/h5-6,8,15H,4,7H2,1-3H3/b14-12-. The Hall–Kier alpha value is -1.31. The second-order valence-electron chi connectivity index (χ2n) is 5.17. The molecule has 0 spiro atoms. The lowest BCUT2D eigenvalue weighted by molar-refractivity contribution is 0.318. The first-order valence-electron chi connectivity index (χ1n) is 5.37. The number of oxime groups is 1. The SMILES string of the molecule is CC(C)(C)c1ccc2c(c1)CC/C2=N/O. The van der Waals surface area contributed by atoms with Crippen LogP contribution in [0.2, 0.25) is 0 Å². The van der Waals surface area contributed by atoms with Crippen LogP contribution in [-0.4, -0.2) is 10.9 Å². The number of rotatable bonds is 0. The summed E-state index contributed by atoms with van der Waals surface area (Å²) in [5, 5.41) is 12.2. The largest absolute Gasteiger partial charge is 0.411 e. The van der Waals surface area contributed by atoms with E-state index in [-0.39, 0.29) is 5.41 Å². The summed E-state index contributed by atoms with van der Waals surface area (Å²) in [7, 11) is 0. The molecule has 1 aliphatic rings. The van der Waals surface area contributed by atoms with Crippen LogP contribution in [0.25, 0.3) is 0 Å². The van der Waals surface area contributed by atoms with Crippen LogP contribution in [0.3, 0.4) is 0 Å². The Morgan fingerprint density at radius 2 is 1.93 bits per heavy atom. The minimum Gasteiger partial charge on any atom is -0.411 e. The number of aryl methyl sites for hydroxylation is 1. The number of hydrogen-bond acceptors (Lipinski definition) is 2. The third kappa shape index (κ3) is 1.76. The Morgan fingerprint density at radius 3 is 2.53 bits per heavy atom. The monoisotopic (exact) mass is 203 g/mol. The van der Waals surface area contributed by atoms with Crippen LogP contribution >= 0.6 is 0 Å². The van der Waals surface area contributed by atoms with Crippen molar-refractivity contribution in [3.63, 3.8) is 0 Å². The average molecular weight is 203 g/mol. The topological polar surface area (TPSA) is 32.6 Å². The Bertz CT molecular complexity index is 413. The van der Waals surface area contributed by atoms with E-state index in [9.17, 15) is 0 Å². The first-order chi connectivity index (χ1) is 7.02. The maximum Gasteiger partial charge on any atom is 0.0873 e. The van der Waals surface area contributed by atoms with Crippen molar-refractivity contribution < 1.29 is 5.21 Å². The maximum atomic E-state index is 8.83. The molecule has 1 aromatic rings. The molecule has 15 heavy (non-hydrogen) atoms. The Kier molecular flexibility index (Phi) is 2.29. The molecule has 0 atom stereocenters. The molecule has 1 N–H and O–H groups in total. The van der Waals surface area contributed by atoms with Crippen molar-refractivity contribution in [3.8, 4) is 0 Å². The fraction of sp³-hybridized carbons (Fsp3) is 0.462. The summed E-state index contributed by atoms with van der Waals surface area (Å²) in [6, 6.07) is 6.46. The molecule has 0 aromatic heterocycles. The molecule has 0 heterocycles. The lowest BCUT2D eigenvalue weighted by Crippen LogP contribution is -2.11. The van der Waals surface area contributed by atoms with Gasteiger partial charge in [-0.1, -0.05) is 44.1 Å². The minimum absolute atomic E-state index is 0.189. The van der Waals surface area contributed by atoms with Crippen molar-refractivity contribution in [3.05, 3.63) is 34.9 Å². The number of nitrogens with zero attached hydrogens (tertiary/aromatic N) is 1. The molecular formula is C13H17NO. The van der Waals surface area contributed by atoms with Crippen LogP contribution in [0.1, 0.15) is 43.9 Å². The van der Waals surface area contributed by atoms with E-state index < -0.39 is 0 Å². The molecular weight excluding hydrogens is 186 g/mol. The van der Waals surface area contributed by atoms with Crippen molar-refractivity contribution >= 4 is 5.71 Å². The average Bonchev–Trinajstić information content (AvgIpc) is 2.58. The molecule has 0 amide bonds. The number of hydrogen-bond donors (Lipinski definition) is 1. The zero-order valence-electron chi connectivity index (χ0n) is 9.54. The lowest BCUT2D eigenvalue weighted by Gasteiger charge is -2.19. The highest BCUT2D eigenvalue weighted by Crippen LogP contribution is 2.29. The number of fused-ring (bicyclic) bond motifs is 1. The molecule has 1 aromatic carbocycles. The highest BCUT2D eigenvalue weighted by atomic mass is 16.4. The van der Waals surface area contributed by atoms with Crippen LogP contribution in [0.4, 0.5) is 0 Å². The first-order valence-corrected chi connectivity index (χ1v) is 5.37. The van der Waals surface area contributed by atoms with E-state index in [4.69, 9.17) is 5.21 Å². The van der Waals surface area contributed by atoms with E-state index in [1.807, 2.05) is 0 Å². The summed E-state index contributed by atoms with van der Waals surface area (Å²) < 4.78 is 0. The third-order valence-electron chi connectivity index (χ3n) is 3.03. The Balaban J connectivity index is 2.46. The summed E-state index contributed by atoms with van der Waals surface area (Å²) in [4.78, 5) is 0. The van der Waals surface area contributed by atoms with Crippen LogP contribution in [0.15, 0.2) is 23.4 Å². The summed E-state index contributed by atoms with van der Waals surface area (Å²) >= 11 is 0. The van der Waals surface area contributed by atoms with Gasteiger partial charge in [0.15, 0.2) is 0 Å². The predicted octanol–water partition coefficient (Wildman–Crippen LogP) is 3.11. The second-order valence-corrected chi connectivity index (χ2v) is 5.17. The molecule has 0 radical (unpaired) electrons. The van der Waals surface area contributed by atoms with Gasteiger partial charge in [0.1, 0.15) is 0 Å². The molecule has 0 saturated heterocycles. The first kappa shape index (κ1) is 10.2. The van der Waals surface area contributed by atoms with Gasteiger partial charge in [-0.2, -0.15) is 0 Å². The Morgan fingerprint density at radius 1 is 1.20 bits per heavy atom. The molecule has 2 nitrogen and oxygen atoms in total. The summed E-state index contributed by atoms with van der Waals surface area (Å²) in [6.45, 7) is 6.64. The van der Waals surface area contributed by atoms with E-state index in [1.54, 1.807) is 0 Å². The van der Waals surface area contributed by atoms with Gasteiger partial charge in [-0.15, -0.1) is 0 Å². The third-order valence-corrected chi connectivity index (χ3v) is 3.03. The van der Waals surface area contributed by atoms with Crippen LogP contribution in [0.5, 0.6) is 0 Å². The van der Waals surface area contributed by atoms with E-state index in [1.165, 1.54) is 11.1 Å². The van der Waals surface area contributed by atoms with Gasteiger partial charge in [-0.05, 0) is 29.4 Å². The van der Waals surface area contributed by atoms with E-state index in [0.29, 0.717) is 0 Å². The second kappa shape index (κ2) is 3.37. The molecule has 2 heteroatoms. The van der Waals surface area contributed by atoms with Crippen molar-refractivity contribution in [2.45, 2.75) is 39.0 Å². The van der Waals surface area contributed by atoms with E-state index in [0.717, 1.165) is 24.1 Å². The zero-order valence-corrected chi connectivity index (χ0v) is 9.54. The van der Waals surface area contributed by atoms with E-state index in [2.05, 4.69) is 44.1 Å². The summed E-state index contributed by atoms with van der Waals surface area (Å²) in [5.41, 5.74) is 4.79. The van der Waals surface area contributed by atoms with Gasteiger partial charge in [0.25, 0.3) is 0 Å². The lowest BCUT2D eigenvalue weighted by atomic mass is 9.85. The molecule has 80 valence electrons. The fourth-order valence-electron chi connectivity index (χ4n) is 2.04. The highest BCUT2D eigenvalue weighted by Gasteiger charge is 2.21. The summed E-state index contributed by atoms with van der Waals surface area (Å²) in [5.74, 6) is 0. The van der Waals surface area contributed by atoms with Crippen molar-refractivity contribution in [1.82, 2.24) is 0 Å². The fourth-order valence-corrected chi connectivity index (χ4v) is 2.04. The predicted molar refractivity (Wildman–Crippen MR) is 61.8 cm³/mol. The number of benzene rings is 1. The van der Waals surface area contributed by atoms with Crippen LogP contribution < -0.4 is 0 Å². The molecule has 0 fully saturated rings. The summed E-state index contributed by atoms with van der Waals surface area (Å²) in [6.07, 6.45) is 1.86. The Labute approximate surface area is 90.6 Å². The molecule has 0 saturated carbocycles. The van der Waals surface area contributed by atoms with E-state index >= 15 is 0 Å². The maximum absolute atomic E-state index is 8.83. The van der Waals surface area contributed by atoms with Gasteiger partial charge >= 0.3 is 0 Å². The van der Waals surface area contributed by atoms with Crippen molar-refractivity contribution in [2.75, 3.05) is 0 Å². The minimum atomic E-state index is 0.189. The normalized spacial score (nSPS) is 18.2. The molecule has 0 aliphatic heterocycles. The smallest absolute Gasteiger partial charge is 0.0873 e.